The molecule has 2 aromatic carbocycles. The summed E-state index contributed by atoms with van der Waals surface area (Å²) in [5, 5.41) is 2.87. The minimum atomic E-state index is -0.817. The number of nitrogens with one attached hydrogen (secondary N) is 1. The summed E-state index contributed by atoms with van der Waals surface area (Å²) in [4.78, 5) is 12.2. The van der Waals surface area contributed by atoms with E-state index in [2.05, 4.69) is 5.32 Å². The van der Waals surface area contributed by atoms with Gasteiger partial charge < -0.3 is 14.8 Å². The molecule has 0 saturated carbocycles. The molecule has 0 radical (unpaired) electrons. The Morgan fingerprint density at radius 1 is 1.09 bits per heavy atom. The van der Waals surface area contributed by atoms with Gasteiger partial charge in [0, 0.05) is 12.8 Å². The van der Waals surface area contributed by atoms with Crippen LogP contribution < -0.4 is 10.1 Å². The first-order chi connectivity index (χ1) is 11.1. The standard InChI is InChI=1S/C19H23NO3/c1-4-19(2,22-3)18(21)20-16-10-12-17(13-11-16)23-14-15-8-6-5-7-9-15/h5-13H,4,14H2,1-3H3,(H,20,21)/t19-/m0/s1. The van der Waals surface area contributed by atoms with Crippen LogP contribution in [0.5, 0.6) is 5.75 Å². The maximum Gasteiger partial charge on any atom is 0.256 e. The summed E-state index contributed by atoms with van der Waals surface area (Å²) < 4.78 is 11.0. The Morgan fingerprint density at radius 2 is 1.74 bits per heavy atom. The normalized spacial score (nSPS) is 13.2. The zero-order valence-electron chi connectivity index (χ0n) is 13.8. The molecule has 0 unspecified atom stereocenters. The molecule has 0 heterocycles. The van der Waals surface area contributed by atoms with Crippen LogP contribution in [0.3, 0.4) is 0 Å². The van der Waals surface area contributed by atoms with E-state index in [1.54, 1.807) is 14.0 Å². The number of ether oxygens (including phenoxy) is 2. The summed E-state index contributed by atoms with van der Waals surface area (Å²) in [6.45, 7) is 4.22. The number of methoxy groups -OCH3 is 1. The lowest BCUT2D eigenvalue weighted by Gasteiger charge is -2.25. The zero-order chi connectivity index (χ0) is 16.7. The van der Waals surface area contributed by atoms with Crippen LogP contribution in [0, 0.1) is 0 Å². The van der Waals surface area contributed by atoms with E-state index in [0.717, 1.165) is 17.0 Å². The van der Waals surface area contributed by atoms with Gasteiger partial charge in [0.25, 0.3) is 5.91 Å². The third-order valence-electron chi connectivity index (χ3n) is 3.97. The van der Waals surface area contributed by atoms with Gasteiger partial charge in [-0.25, -0.2) is 0 Å². The third kappa shape index (κ3) is 4.57. The Hall–Kier alpha value is -2.33. The van der Waals surface area contributed by atoms with Crippen LogP contribution in [0.2, 0.25) is 0 Å². The SMILES string of the molecule is CC[C@](C)(OC)C(=O)Nc1ccc(OCc2ccccc2)cc1. The van der Waals surface area contributed by atoms with Crippen molar-refractivity contribution in [2.24, 2.45) is 0 Å². The van der Waals surface area contributed by atoms with Gasteiger partial charge in [-0.1, -0.05) is 37.3 Å². The molecule has 0 saturated heterocycles. The second-order valence-corrected chi connectivity index (χ2v) is 5.54. The van der Waals surface area contributed by atoms with Crippen molar-refractivity contribution >= 4 is 11.6 Å². The zero-order valence-corrected chi connectivity index (χ0v) is 13.8. The van der Waals surface area contributed by atoms with Gasteiger partial charge >= 0.3 is 0 Å². The highest BCUT2D eigenvalue weighted by Crippen LogP contribution is 2.20. The molecular formula is C19H23NO3. The number of carbonyl (C=O) groups excluding carboxylic acids is 1. The van der Waals surface area contributed by atoms with Gasteiger partial charge in [-0.2, -0.15) is 0 Å². The van der Waals surface area contributed by atoms with Crippen LogP contribution in [0.1, 0.15) is 25.8 Å². The molecule has 4 heteroatoms. The summed E-state index contributed by atoms with van der Waals surface area (Å²) in [5.41, 5.74) is 1.02. The van der Waals surface area contributed by atoms with Crippen LogP contribution >= 0.6 is 0 Å². The van der Waals surface area contributed by atoms with Crippen LogP contribution in [-0.4, -0.2) is 18.6 Å². The summed E-state index contributed by atoms with van der Waals surface area (Å²) in [5.74, 6) is 0.609. The Morgan fingerprint density at radius 3 is 2.30 bits per heavy atom. The lowest BCUT2D eigenvalue weighted by molar-refractivity contribution is -0.136. The quantitative estimate of drug-likeness (QED) is 0.840. The first-order valence-electron chi connectivity index (χ1n) is 7.71. The minimum absolute atomic E-state index is 0.152. The first-order valence-corrected chi connectivity index (χ1v) is 7.71. The predicted molar refractivity (Wildman–Crippen MR) is 91.6 cm³/mol. The third-order valence-corrected chi connectivity index (χ3v) is 3.97. The van der Waals surface area contributed by atoms with Gasteiger partial charge in [-0.05, 0) is 43.2 Å². The average Bonchev–Trinajstić information content (AvgIpc) is 2.61. The average molecular weight is 313 g/mol. The van der Waals surface area contributed by atoms with Gasteiger partial charge in [0.15, 0.2) is 0 Å². The van der Waals surface area contributed by atoms with Crippen molar-refractivity contribution < 1.29 is 14.3 Å². The van der Waals surface area contributed by atoms with Gasteiger partial charge in [0.2, 0.25) is 0 Å². The van der Waals surface area contributed by atoms with Gasteiger partial charge in [-0.15, -0.1) is 0 Å². The molecule has 122 valence electrons. The van der Waals surface area contributed by atoms with E-state index in [0.29, 0.717) is 13.0 Å². The molecule has 23 heavy (non-hydrogen) atoms. The van der Waals surface area contributed by atoms with E-state index in [1.807, 2.05) is 61.5 Å². The summed E-state index contributed by atoms with van der Waals surface area (Å²) in [7, 11) is 1.55. The number of rotatable bonds is 7. The van der Waals surface area contributed by atoms with Crippen molar-refractivity contribution in [3.05, 3.63) is 60.2 Å². The second kappa shape index (κ2) is 7.79. The molecule has 0 aliphatic rings. The molecular weight excluding hydrogens is 290 g/mol. The van der Waals surface area contributed by atoms with Gasteiger partial charge in [-0.3, -0.25) is 4.79 Å². The molecule has 1 N–H and O–H groups in total. The van der Waals surface area contributed by atoms with E-state index < -0.39 is 5.60 Å². The number of hydrogen-bond acceptors (Lipinski definition) is 3. The number of amides is 1. The highest BCUT2D eigenvalue weighted by molar-refractivity contribution is 5.97. The minimum Gasteiger partial charge on any atom is -0.489 e. The number of anilines is 1. The fraction of sp³-hybridized carbons (Fsp3) is 0.316. The Labute approximate surface area is 137 Å². The molecule has 1 amide bonds. The molecule has 0 aliphatic carbocycles. The molecule has 2 aromatic rings. The molecule has 0 aromatic heterocycles. The van der Waals surface area contributed by atoms with Crippen molar-refractivity contribution in [2.75, 3.05) is 12.4 Å². The van der Waals surface area contributed by atoms with E-state index >= 15 is 0 Å². The lowest BCUT2D eigenvalue weighted by atomic mass is 10.0. The predicted octanol–water partition coefficient (Wildman–Crippen LogP) is 4.02. The molecule has 0 spiro atoms. The summed E-state index contributed by atoms with van der Waals surface area (Å²) >= 11 is 0. The topological polar surface area (TPSA) is 47.6 Å². The second-order valence-electron chi connectivity index (χ2n) is 5.54. The fourth-order valence-electron chi connectivity index (χ4n) is 2.04. The van der Waals surface area contributed by atoms with E-state index in [-0.39, 0.29) is 5.91 Å². The van der Waals surface area contributed by atoms with Crippen molar-refractivity contribution in [1.29, 1.82) is 0 Å². The maximum atomic E-state index is 12.2. The molecule has 2 rings (SSSR count). The van der Waals surface area contributed by atoms with Crippen LogP contribution in [0.25, 0.3) is 0 Å². The fourth-order valence-corrected chi connectivity index (χ4v) is 2.04. The van der Waals surface area contributed by atoms with Gasteiger partial charge in [0.1, 0.15) is 18.0 Å². The monoisotopic (exact) mass is 313 g/mol. The smallest absolute Gasteiger partial charge is 0.256 e. The Balaban J connectivity index is 1.93. The maximum absolute atomic E-state index is 12.2. The summed E-state index contributed by atoms with van der Waals surface area (Å²) in [6.07, 6.45) is 0.605. The van der Waals surface area contributed by atoms with E-state index in [9.17, 15) is 4.79 Å². The van der Waals surface area contributed by atoms with Crippen molar-refractivity contribution in [3.63, 3.8) is 0 Å². The Kier molecular flexibility index (Phi) is 5.77. The lowest BCUT2D eigenvalue weighted by Crippen LogP contribution is -2.41. The number of carbonyl (C=O) groups is 1. The largest absolute Gasteiger partial charge is 0.489 e. The molecule has 0 aliphatic heterocycles. The van der Waals surface area contributed by atoms with Crippen molar-refractivity contribution in [3.8, 4) is 5.75 Å². The van der Waals surface area contributed by atoms with E-state index in [1.165, 1.54) is 0 Å². The Bertz CT molecular complexity index is 619. The molecule has 0 bridgehead atoms. The van der Waals surface area contributed by atoms with Crippen molar-refractivity contribution in [1.82, 2.24) is 0 Å². The van der Waals surface area contributed by atoms with E-state index in [4.69, 9.17) is 9.47 Å². The number of benzene rings is 2. The van der Waals surface area contributed by atoms with Crippen molar-refractivity contribution in [2.45, 2.75) is 32.5 Å². The number of hydrogen-bond donors (Lipinski definition) is 1. The molecule has 0 fully saturated rings. The highest BCUT2D eigenvalue weighted by Gasteiger charge is 2.30. The van der Waals surface area contributed by atoms with Crippen LogP contribution in [0.4, 0.5) is 5.69 Å². The van der Waals surface area contributed by atoms with Crippen LogP contribution in [-0.2, 0) is 16.1 Å². The molecule has 1 atom stereocenters. The first kappa shape index (κ1) is 17.0. The van der Waals surface area contributed by atoms with Crippen LogP contribution in [0.15, 0.2) is 54.6 Å². The van der Waals surface area contributed by atoms with Gasteiger partial charge in [0.05, 0.1) is 0 Å². The summed E-state index contributed by atoms with van der Waals surface area (Å²) in [6, 6.07) is 17.3. The highest BCUT2D eigenvalue weighted by atomic mass is 16.5. The molecule has 4 nitrogen and oxygen atoms in total.